The molecular formula is C17H28N2S. The average molecular weight is 292 g/mol. The Bertz CT molecular complexity index is 374. The van der Waals surface area contributed by atoms with Crippen molar-refractivity contribution < 1.29 is 0 Å². The molecule has 0 amide bonds. The summed E-state index contributed by atoms with van der Waals surface area (Å²) < 4.78 is 0. The first-order valence-electron chi connectivity index (χ1n) is 8.53. The third-order valence-corrected chi connectivity index (χ3v) is 6.85. The quantitative estimate of drug-likeness (QED) is 0.841. The predicted octanol–water partition coefficient (Wildman–Crippen LogP) is 4.26. The number of hydrogen-bond acceptors (Lipinski definition) is 3. The molecule has 0 radical (unpaired) electrons. The monoisotopic (exact) mass is 292 g/mol. The molecule has 2 nitrogen and oxygen atoms in total. The van der Waals surface area contributed by atoms with E-state index in [9.17, 15) is 5.26 Å². The molecule has 4 atom stereocenters. The smallest absolute Gasteiger partial charge is 0.108 e. The molecule has 20 heavy (non-hydrogen) atoms. The molecule has 3 rings (SSSR count). The van der Waals surface area contributed by atoms with Gasteiger partial charge in [-0.05, 0) is 57.3 Å². The molecule has 0 aliphatic heterocycles. The maximum absolute atomic E-state index is 9.66. The van der Waals surface area contributed by atoms with Crippen molar-refractivity contribution in [1.29, 1.82) is 5.26 Å². The molecule has 0 aromatic heterocycles. The largest absolute Gasteiger partial charge is 0.297 e. The van der Waals surface area contributed by atoms with Crippen molar-refractivity contribution in [3.63, 3.8) is 0 Å². The summed E-state index contributed by atoms with van der Waals surface area (Å²) in [6, 6.07) is 3.29. The van der Waals surface area contributed by atoms with Crippen LogP contribution >= 0.6 is 11.8 Å². The van der Waals surface area contributed by atoms with Gasteiger partial charge in [0.25, 0.3) is 0 Å². The molecule has 0 saturated heterocycles. The summed E-state index contributed by atoms with van der Waals surface area (Å²) in [6.45, 7) is 2.40. The Morgan fingerprint density at radius 1 is 1.10 bits per heavy atom. The lowest BCUT2D eigenvalue weighted by Crippen LogP contribution is -2.49. The van der Waals surface area contributed by atoms with Gasteiger partial charge in [0, 0.05) is 16.5 Å². The van der Waals surface area contributed by atoms with Crippen LogP contribution in [0.5, 0.6) is 0 Å². The fourth-order valence-corrected chi connectivity index (χ4v) is 5.97. The summed E-state index contributed by atoms with van der Waals surface area (Å²) in [5, 5.41) is 14.9. The second kappa shape index (κ2) is 6.28. The third kappa shape index (κ3) is 3.71. The average Bonchev–Trinajstić information content (AvgIpc) is 3.23. The van der Waals surface area contributed by atoms with E-state index in [0.717, 1.165) is 24.0 Å². The molecule has 3 saturated carbocycles. The van der Waals surface area contributed by atoms with E-state index in [1.165, 1.54) is 51.4 Å². The maximum Gasteiger partial charge on any atom is 0.108 e. The van der Waals surface area contributed by atoms with E-state index in [1.807, 2.05) is 0 Å². The normalized spacial score (nSPS) is 42.1. The van der Waals surface area contributed by atoms with Crippen LogP contribution in [-0.4, -0.2) is 22.1 Å². The zero-order valence-corrected chi connectivity index (χ0v) is 13.6. The van der Waals surface area contributed by atoms with Gasteiger partial charge in [-0.3, -0.25) is 5.32 Å². The lowest BCUT2D eigenvalue weighted by Gasteiger charge is -2.38. The van der Waals surface area contributed by atoms with Gasteiger partial charge >= 0.3 is 0 Å². The molecule has 112 valence electrons. The van der Waals surface area contributed by atoms with Crippen molar-refractivity contribution in [2.75, 3.05) is 0 Å². The predicted molar refractivity (Wildman–Crippen MR) is 85.8 cm³/mol. The van der Waals surface area contributed by atoms with E-state index in [0.29, 0.717) is 11.3 Å². The Morgan fingerprint density at radius 2 is 1.90 bits per heavy atom. The summed E-state index contributed by atoms with van der Waals surface area (Å²) in [4.78, 5) is 0. The standard InChI is InChI=1S/C17H28N2S/c1-13-4-2-5-15(10-13)20-16-6-3-9-17(11-16,12-18)19-14-7-8-14/h13-16,19H,2-11H2,1H3. The lowest BCUT2D eigenvalue weighted by atomic mass is 9.82. The van der Waals surface area contributed by atoms with E-state index < -0.39 is 0 Å². The zero-order valence-electron chi connectivity index (χ0n) is 12.7. The van der Waals surface area contributed by atoms with Gasteiger partial charge in [-0.25, -0.2) is 0 Å². The number of nitriles is 1. The minimum atomic E-state index is -0.197. The van der Waals surface area contributed by atoms with Crippen LogP contribution in [0.2, 0.25) is 0 Å². The molecule has 3 fully saturated rings. The number of thioether (sulfide) groups is 1. The van der Waals surface area contributed by atoms with Gasteiger partial charge in [-0.15, -0.1) is 0 Å². The number of nitrogens with zero attached hydrogens (tertiary/aromatic N) is 1. The third-order valence-electron chi connectivity index (χ3n) is 5.25. The molecule has 0 aromatic rings. The molecule has 4 unspecified atom stereocenters. The van der Waals surface area contributed by atoms with Crippen LogP contribution in [0.1, 0.15) is 71.1 Å². The van der Waals surface area contributed by atoms with Crippen LogP contribution in [0.3, 0.4) is 0 Å². The first kappa shape index (κ1) is 14.7. The molecule has 3 heteroatoms. The van der Waals surface area contributed by atoms with E-state index in [-0.39, 0.29) is 5.54 Å². The Morgan fingerprint density at radius 3 is 2.60 bits per heavy atom. The van der Waals surface area contributed by atoms with Crippen molar-refractivity contribution in [3.05, 3.63) is 0 Å². The highest BCUT2D eigenvalue weighted by Crippen LogP contribution is 2.42. The summed E-state index contributed by atoms with van der Waals surface area (Å²) in [5.74, 6) is 0.912. The van der Waals surface area contributed by atoms with Crippen molar-refractivity contribution in [3.8, 4) is 6.07 Å². The van der Waals surface area contributed by atoms with Crippen LogP contribution in [0.15, 0.2) is 0 Å². The molecule has 1 N–H and O–H groups in total. The Labute approximate surface area is 128 Å². The molecule has 0 spiro atoms. The van der Waals surface area contributed by atoms with Gasteiger partial charge in [0.05, 0.1) is 6.07 Å². The van der Waals surface area contributed by atoms with Crippen LogP contribution in [0.4, 0.5) is 0 Å². The lowest BCUT2D eigenvalue weighted by molar-refractivity contribution is 0.300. The highest BCUT2D eigenvalue weighted by atomic mass is 32.2. The van der Waals surface area contributed by atoms with Crippen LogP contribution in [0, 0.1) is 17.2 Å². The van der Waals surface area contributed by atoms with E-state index >= 15 is 0 Å². The van der Waals surface area contributed by atoms with Crippen molar-refractivity contribution in [1.82, 2.24) is 5.32 Å². The second-order valence-corrected chi connectivity index (χ2v) is 8.97. The van der Waals surface area contributed by atoms with Gasteiger partial charge in [0.2, 0.25) is 0 Å². The SMILES string of the molecule is CC1CCCC(SC2CCCC(C#N)(NC3CC3)C2)C1. The highest BCUT2D eigenvalue weighted by molar-refractivity contribution is 8.00. The highest BCUT2D eigenvalue weighted by Gasteiger charge is 2.41. The fourth-order valence-electron chi connectivity index (χ4n) is 4.00. The molecule has 0 aromatic carbocycles. The number of rotatable bonds is 4. The molecular weight excluding hydrogens is 264 g/mol. The molecule has 3 aliphatic rings. The van der Waals surface area contributed by atoms with Gasteiger partial charge < -0.3 is 0 Å². The van der Waals surface area contributed by atoms with Gasteiger partial charge in [0.15, 0.2) is 0 Å². The minimum Gasteiger partial charge on any atom is -0.297 e. The van der Waals surface area contributed by atoms with Gasteiger partial charge in [-0.2, -0.15) is 17.0 Å². The summed E-state index contributed by atoms with van der Waals surface area (Å²) in [5.41, 5.74) is -0.197. The van der Waals surface area contributed by atoms with Gasteiger partial charge in [0.1, 0.15) is 5.54 Å². The zero-order chi connectivity index (χ0) is 14.0. The number of hydrogen-bond donors (Lipinski definition) is 1. The number of nitrogens with one attached hydrogen (secondary N) is 1. The molecule has 0 bridgehead atoms. The first-order valence-corrected chi connectivity index (χ1v) is 9.48. The first-order chi connectivity index (χ1) is 9.69. The summed E-state index contributed by atoms with van der Waals surface area (Å²) in [6.07, 6.45) is 12.9. The van der Waals surface area contributed by atoms with Crippen molar-refractivity contribution in [2.45, 2.75) is 93.2 Å². The van der Waals surface area contributed by atoms with E-state index in [4.69, 9.17) is 0 Å². The molecule has 0 heterocycles. The van der Waals surface area contributed by atoms with Crippen LogP contribution in [0.25, 0.3) is 0 Å². The topological polar surface area (TPSA) is 35.8 Å². The Hall–Kier alpha value is -0.200. The summed E-state index contributed by atoms with van der Waals surface area (Å²) >= 11 is 2.22. The van der Waals surface area contributed by atoms with Gasteiger partial charge in [-0.1, -0.05) is 19.8 Å². The maximum atomic E-state index is 9.66. The van der Waals surface area contributed by atoms with Crippen LogP contribution in [-0.2, 0) is 0 Å². The fraction of sp³-hybridized carbons (Fsp3) is 0.941. The Kier molecular flexibility index (Phi) is 4.62. The Balaban J connectivity index is 1.55. The van der Waals surface area contributed by atoms with Crippen molar-refractivity contribution in [2.24, 2.45) is 5.92 Å². The van der Waals surface area contributed by atoms with E-state index in [2.05, 4.69) is 30.1 Å². The molecule has 3 aliphatic carbocycles. The minimum absolute atomic E-state index is 0.197. The van der Waals surface area contributed by atoms with Crippen LogP contribution < -0.4 is 5.32 Å². The van der Waals surface area contributed by atoms with Crippen molar-refractivity contribution >= 4 is 11.8 Å². The summed E-state index contributed by atoms with van der Waals surface area (Å²) in [7, 11) is 0. The second-order valence-electron chi connectivity index (χ2n) is 7.36. The van der Waals surface area contributed by atoms with E-state index in [1.54, 1.807) is 0 Å².